The highest BCUT2D eigenvalue weighted by Gasteiger charge is 2.05. The third-order valence-corrected chi connectivity index (χ3v) is 2.61. The zero-order valence-corrected chi connectivity index (χ0v) is 11.4. The van der Waals surface area contributed by atoms with Crippen molar-refractivity contribution in [1.29, 1.82) is 5.26 Å². The van der Waals surface area contributed by atoms with Crippen LogP contribution < -0.4 is 10.2 Å². The second kappa shape index (κ2) is 7.49. The fraction of sp³-hybridized carbons (Fsp3) is 0.615. The first-order valence-electron chi connectivity index (χ1n) is 6.35. The number of nitriles is 1. The quantitative estimate of drug-likeness (QED) is 0.749. The smallest absolute Gasteiger partial charge is 0.134 e. The first-order chi connectivity index (χ1) is 8.67. The molecular weight excluding hydrogens is 226 g/mol. The fourth-order valence-electron chi connectivity index (χ4n) is 1.59. The maximum absolute atomic E-state index is 8.51. The highest BCUT2D eigenvalue weighted by Crippen LogP contribution is 2.15. The molecular formula is C13H21N5. The van der Waals surface area contributed by atoms with Gasteiger partial charge in [0.15, 0.2) is 0 Å². The minimum absolute atomic E-state index is 0.476. The molecule has 0 aliphatic rings. The Hall–Kier alpha value is -1.83. The summed E-state index contributed by atoms with van der Waals surface area (Å²) in [6.07, 6.45) is 2.79. The average Bonchev–Trinajstić information content (AvgIpc) is 2.35. The number of unbranched alkanes of at least 4 members (excludes halogenated alkanes) is 1. The lowest BCUT2D eigenvalue weighted by Crippen LogP contribution is -2.20. The minimum Gasteiger partial charge on any atom is -0.369 e. The van der Waals surface area contributed by atoms with Crippen LogP contribution in [0.15, 0.2) is 6.07 Å². The Morgan fingerprint density at radius 2 is 2.22 bits per heavy atom. The van der Waals surface area contributed by atoms with Crippen LogP contribution >= 0.6 is 0 Å². The highest BCUT2D eigenvalue weighted by atomic mass is 15.2. The van der Waals surface area contributed by atoms with Crippen LogP contribution in [-0.4, -0.2) is 30.1 Å². The molecule has 1 heterocycles. The number of aromatic nitrogens is 2. The Balaban J connectivity index is 2.70. The van der Waals surface area contributed by atoms with Crippen LogP contribution in [0.25, 0.3) is 0 Å². The largest absolute Gasteiger partial charge is 0.369 e. The van der Waals surface area contributed by atoms with Crippen molar-refractivity contribution < 1.29 is 0 Å². The lowest BCUT2D eigenvalue weighted by atomic mass is 10.3. The van der Waals surface area contributed by atoms with Crippen molar-refractivity contribution in [1.82, 2.24) is 9.97 Å². The van der Waals surface area contributed by atoms with E-state index in [9.17, 15) is 0 Å². The van der Waals surface area contributed by atoms with E-state index in [0.29, 0.717) is 13.0 Å². The van der Waals surface area contributed by atoms with Gasteiger partial charge in [-0.3, -0.25) is 0 Å². The van der Waals surface area contributed by atoms with E-state index in [1.807, 2.05) is 20.0 Å². The molecule has 0 spiro atoms. The molecule has 0 atom stereocenters. The molecule has 0 unspecified atom stereocenters. The first kappa shape index (κ1) is 14.2. The lowest BCUT2D eigenvalue weighted by Gasteiger charge is -2.18. The summed E-state index contributed by atoms with van der Waals surface area (Å²) in [5.41, 5.74) is 0. The minimum atomic E-state index is 0.476. The molecule has 0 aromatic carbocycles. The van der Waals surface area contributed by atoms with Gasteiger partial charge in [0.05, 0.1) is 12.5 Å². The summed E-state index contributed by atoms with van der Waals surface area (Å²) in [5.74, 6) is 2.46. The summed E-state index contributed by atoms with van der Waals surface area (Å²) in [6, 6.07) is 4.03. The van der Waals surface area contributed by atoms with E-state index in [2.05, 4.69) is 33.2 Å². The molecule has 0 radical (unpaired) electrons. The van der Waals surface area contributed by atoms with Gasteiger partial charge in [0.1, 0.15) is 17.5 Å². The molecule has 0 aliphatic heterocycles. The van der Waals surface area contributed by atoms with Crippen LogP contribution in [0.4, 0.5) is 11.6 Å². The maximum Gasteiger partial charge on any atom is 0.134 e. The van der Waals surface area contributed by atoms with Gasteiger partial charge in [0.25, 0.3) is 0 Å². The molecule has 0 amide bonds. The van der Waals surface area contributed by atoms with Crippen molar-refractivity contribution in [3.8, 4) is 6.07 Å². The summed E-state index contributed by atoms with van der Waals surface area (Å²) in [6.45, 7) is 5.66. The molecule has 0 fully saturated rings. The molecule has 0 bridgehead atoms. The standard InChI is InChI=1S/C13H21N5/c1-4-5-9-18(3)13-10-12(15-8-6-7-14)16-11(2)17-13/h10H,4-6,8-9H2,1-3H3,(H,15,16,17). The molecule has 1 rings (SSSR count). The number of anilines is 2. The van der Waals surface area contributed by atoms with Crippen LogP contribution in [0.1, 0.15) is 32.0 Å². The molecule has 5 nitrogen and oxygen atoms in total. The van der Waals surface area contributed by atoms with Crippen LogP contribution in [0.5, 0.6) is 0 Å². The van der Waals surface area contributed by atoms with Crippen LogP contribution in [0.2, 0.25) is 0 Å². The van der Waals surface area contributed by atoms with Gasteiger partial charge >= 0.3 is 0 Å². The molecule has 18 heavy (non-hydrogen) atoms. The van der Waals surface area contributed by atoms with Crippen molar-refractivity contribution in [3.05, 3.63) is 11.9 Å². The maximum atomic E-state index is 8.51. The summed E-state index contributed by atoms with van der Waals surface area (Å²) in [4.78, 5) is 10.9. The Morgan fingerprint density at radius 3 is 2.89 bits per heavy atom. The highest BCUT2D eigenvalue weighted by molar-refractivity contribution is 5.48. The monoisotopic (exact) mass is 247 g/mol. The first-order valence-corrected chi connectivity index (χ1v) is 6.35. The molecule has 5 heteroatoms. The number of aryl methyl sites for hydroxylation is 1. The molecule has 1 N–H and O–H groups in total. The van der Waals surface area contributed by atoms with Gasteiger partial charge in [0.2, 0.25) is 0 Å². The van der Waals surface area contributed by atoms with E-state index >= 15 is 0 Å². The number of hydrogen-bond acceptors (Lipinski definition) is 5. The van der Waals surface area contributed by atoms with Crippen molar-refractivity contribution in [2.45, 2.75) is 33.1 Å². The predicted octanol–water partition coefficient (Wildman–Crippen LogP) is 2.35. The molecule has 0 aliphatic carbocycles. The Morgan fingerprint density at radius 1 is 1.44 bits per heavy atom. The SMILES string of the molecule is CCCCN(C)c1cc(NCCC#N)nc(C)n1. The molecule has 0 saturated carbocycles. The predicted molar refractivity (Wildman–Crippen MR) is 73.7 cm³/mol. The van der Waals surface area contributed by atoms with Crippen molar-refractivity contribution in [3.63, 3.8) is 0 Å². The van der Waals surface area contributed by atoms with Crippen molar-refractivity contribution in [2.24, 2.45) is 0 Å². The molecule has 0 saturated heterocycles. The van der Waals surface area contributed by atoms with E-state index in [4.69, 9.17) is 5.26 Å². The topological polar surface area (TPSA) is 64.8 Å². The number of rotatable bonds is 7. The van der Waals surface area contributed by atoms with Gasteiger partial charge in [0, 0.05) is 26.2 Å². The van der Waals surface area contributed by atoms with Gasteiger partial charge in [-0.05, 0) is 13.3 Å². The van der Waals surface area contributed by atoms with Gasteiger partial charge in [-0.1, -0.05) is 13.3 Å². The fourth-order valence-corrected chi connectivity index (χ4v) is 1.59. The zero-order valence-electron chi connectivity index (χ0n) is 11.4. The van der Waals surface area contributed by atoms with E-state index in [0.717, 1.165) is 30.4 Å². The Bertz CT molecular complexity index is 410. The lowest BCUT2D eigenvalue weighted by molar-refractivity contribution is 0.756. The third kappa shape index (κ3) is 4.58. The van der Waals surface area contributed by atoms with E-state index in [1.165, 1.54) is 6.42 Å². The summed E-state index contributed by atoms with van der Waals surface area (Å²) in [7, 11) is 2.04. The van der Waals surface area contributed by atoms with E-state index < -0.39 is 0 Å². The van der Waals surface area contributed by atoms with Gasteiger partial charge in [-0.15, -0.1) is 0 Å². The summed E-state index contributed by atoms with van der Waals surface area (Å²) < 4.78 is 0. The van der Waals surface area contributed by atoms with Gasteiger partial charge in [-0.2, -0.15) is 5.26 Å². The number of hydrogen-bond donors (Lipinski definition) is 1. The van der Waals surface area contributed by atoms with Crippen molar-refractivity contribution in [2.75, 3.05) is 30.4 Å². The van der Waals surface area contributed by atoms with E-state index in [-0.39, 0.29) is 0 Å². The van der Waals surface area contributed by atoms with Crippen LogP contribution in [-0.2, 0) is 0 Å². The molecule has 1 aromatic rings. The number of nitrogens with zero attached hydrogens (tertiary/aromatic N) is 4. The second-order valence-corrected chi connectivity index (χ2v) is 4.27. The zero-order chi connectivity index (χ0) is 13.4. The third-order valence-electron chi connectivity index (χ3n) is 2.61. The second-order valence-electron chi connectivity index (χ2n) is 4.27. The van der Waals surface area contributed by atoms with Crippen LogP contribution in [0, 0.1) is 18.3 Å². The average molecular weight is 247 g/mol. The van der Waals surface area contributed by atoms with Gasteiger partial charge < -0.3 is 10.2 Å². The number of nitrogens with one attached hydrogen (secondary N) is 1. The Kier molecular flexibility index (Phi) is 5.92. The van der Waals surface area contributed by atoms with Crippen molar-refractivity contribution >= 4 is 11.6 Å². The summed E-state index contributed by atoms with van der Waals surface area (Å²) in [5, 5.41) is 11.6. The van der Waals surface area contributed by atoms with Crippen LogP contribution in [0.3, 0.4) is 0 Å². The summed E-state index contributed by atoms with van der Waals surface area (Å²) >= 11 is 0. The van der Waals surface area contributed by atoms with Gasteiger partial charge in [-0.25, -0.2) is 9.97 Å². The molecule has 98 valence electrons. The Labute approximate surface area is 109 Å². The van der Waals surface area contributed by atoms with E-state index in [1.54, 1.807) is 0 Å². The molecule has 1 aromatic heterocycles. The normalized spacial score (nSPS) is 9.89.